The van der Waals surface area contributed by atoms with Crippen LogP contribution in [0.5, 0.6) is 0 Å². The molecule has 1 aliphatic rings. The fourth-order valence-corrected chi connectivity index (χ4v) is 2.53. The topological polar surface area (TPSA) is 15.3 Å². The second kappa shape index (κ2) is 5.49. The van der Waals surface area contributed by atoms with Gasteiger partial charge in [0.25, 0.3) is 0 Å². The van der Waals surface area contributed by atoms with E-state index in [-0.39, 0.29) is 11.4 Å². The lowest BCUT2D eigenvalue weighted by Crippen LogP contribution is -2.39. The molecule has 3 heteroatoms. The Morgan fingerprint density at radius 2 is 2.11 bits per heavy atom. The molecule has 1 atom stereocenters. The van der Waals surface area contributed by atoms with E-state index in [4.69, 9.17) is 0 Å². The highest BCUT2D eigenvalue weighted by Crippen LogP contribution is 2.27. The van der Waals surface area contributed by atoms with E-state index in [0.29, 0.717) is 5.92 Å². The number of rotatable bonds is 3. The zero-order chi connectivity index (χ0) is 14.0. The first kappa shape index (κ1) is 14.3. The minimum Gasteiger partial charge on any atom is -0.369 e. The van der Waals surface area contributed by atoms with Gasteiger partial charge >= 0.3 is 0 Å². The van der Waals surface area contributed by atoms with Gasteiger partial charge in [-0.15, -0.1) is 0 Å². The quantitative estimate of drug-likeness (QED) is 0.900. The highest BCUT2D eigenvalue weighted by molar-refractivity contribution is 5.50. The molecule has 19 heavy (non-hydrogen) atoms. The Kier molecular flexibility index (Phi) is 4.14. The van der Waals surface area contributed by atoms with Crippen molar-refractivity contribution >= 4 is 5.69 Å². The van der Waals surface area contributed by atoms with E-state index in [2.05, 4.69) is 31.0 Å². The summed E-state index contributed by atoms with van der Waals surface area (Å²) in [5, 5.41) is 3.54. The van der Waals surface area contributed by atoms with Crippen LogP contribution in [0.15, 0.2) is 18.2 Å². The molecule has 1 aromatic rings. The zero-order valence-corrected chi connectivity index (χ0v) is 12.5. The first-order chi connectivity index (χ1) is 8.85. The van der Waals surface area contributed by atoms with Crippen molar-refractivity contribution in [2.24, 2.45) is 5.92 Å². The summed E-state index contributed by atoms with van der Waals surface area (Å²) in [4.78, 5) is 2.18. The second-order valence-corrected chi connectivity index (χ2v) is 6.69. The predicted molar refractivity (Wildman–Crippen MR) is 79.2 cm³/mol. The summed E-state index contributed by atoms with van der Waals surface area (Å²) in [7, 11) is 0. The maximum Gasteiger partial charge on any atom is 0.146 e. The van der Waals surface area contributed by atoms with Gasteiger partial charge in [0.2, 0.25) is 0 Å². The fraction of sp³-hybridized carbons (Fsp3) is 0.625. The summed E-state index contributed by atoms with van der Waals surface area (Å²) in [6.45, 7) is 11.5. The Morgan fingerprint density at radius 3 is 2.79 bits per heavy atom. The molecular formula is C16H25FN2. The van der Waals surface area contributed by atoms with E-state index in [9.17, 15) is 4.39 Å². The number of benzene rings is 1. The largest absolute Gasteiger partial charge is 0.369 e. The molecule has 1 aliphatic heterocycles. The first-order valence-electron chi connectivity index (χ1n) is 7.11. The molecule has 0 spiro atoms. The molecule has 1 N–H and O–H groups in total. The molecule has 0 aromatic heterocycles. The van der Waals surface area contributed by atoms with Crippen LogP contribution in [-0.4, -0.2) is 25.2 Å². The number of nitrogens with zero attached hydrogens (tertiary/aromatic N) is 1. The molecule has 1 fully saturated rings. The minimum absolute atomic E-state index is 0.102. The smallest absolute Gasteiger partial charge is 0.146 e. The molecule has 0 bridgehead atoms. The summed E-state index contributed by atoms with van der Waals surface area (Å²) < 4.78 is 13.9. The number of hydrogen-bond acceptors (Lipinski definition) is 2. The van der Waals surface area contributed by atoms with Crippen molar-refractivity contribution in [3.63, 3.8) is 0 Å². The number of halogens is 1. The monoisotopic (exact) mass is 264 g/mol. The molecule has 0 saturated carbocycles. The zero-order valence-electron chi connectivity index (χ0n) is 12.5. The van der Waals surface area contributed by atoms with Crippen LogP contribution >= 0.6 is 0 Å². The van der Waals surface area contributed by atoms with Crippen LogP contribution in [0.2, 0.25) is 0 Å². The summed E-state index contributed by atoms with van der Waals surface area (Å²) in [6, 6.07) is 5.36. The van der Waals surface area contributed by atoms with Gasteiger partial charge in [0.15, 0.2) is 0 Å². The van der Waals surface area contributed by atoms with Crippen molar-refractivity contribution in [2.45, 2.75) is 39.7 Å². The van der Waals surface area contributed by atoms with Gasteiger partial charge in [0.05, 0.1) is 5.69 Å². The Labute approximate surface area is 116 Å². The lowest BCUT2D eigenvalue weighted by atomic mass is 10.1. The highest BCUT2D eigenvalue weighted by atomic mass is 19.1. The third-order valence-corrected chi connectivity index (χ3v) is 3.65. The molecule has 1 unspecified atom stereocenters. The molecule has 2 nitrogen and oxygen atoms in total. The molecule has 1 heterocycles. The van der Waals surface area contributed by atoms with Crippen LogP contribution in [0.1, 0.15) is 32.8 Å². The Hall–Kier alpha value is -1.09. The molecule has 1 saturated heterocycles. The number of nitrogens with one attached hydrogen (secondary N) is 1. The van der Waals surface area contributed by atoms with Gasteiger partial charge in [-0.2, -0.15) is 0 Å². The third kappa shape index (κ3) is 3.93. The van der Waals surface area contributed by atoms with Crippen molar-refractivity contribution in [2.75, 3.05) is 24.5 Å². The van der Waals surface area contributed by atoms with Crippen LogP contribution in [0.4, 0.5) is 10.1 Å². The van der Waals surface area contributed by atoms with Crippen LogP contribution in [0.25, 0.3) is 0 Å². The van der Waals surface area contributed by atoms with Crippen molar-refractivity contribution in [3.8, 4) is 0 Å². The van der Waals surface area contributed by atoms with Crippen LogP contribution < -0.4 is 10.2 Å². The molecule has 0 amide bonds. The normalized spacial score (nSPS) is 20.1. The maximum absolute atomic E-state index is 13.9. The molecule has 2 rings (SSSR count). The van der Waals surface area contributed by atoms with Crippen molar-refractivity contribution in [1.82, 2.24) is 5.32 Å². The van der Waals surface area contributed by atoms with E-state index < -0.39 is 0 Å². The molecule has 1 aromatic carbocycles. The van der Waals surface area contributed by atoms with Crippen LogP contribution in [0.3, 0.4) is 0 Å². The van der Waals surface area contributed by atoms with Gasteiger partial charge in [-0.25, -0.2) is 4.39 Å². The SMILES string of the molecule is Cc1ccc(F)c(N2CCC(CNC(C)(C)C)C2)c1. The molecule has 106 valence electrons. The summed E-state index contributed by atoms with van der Waals surface area (Å²) in [5.41, 5.74) is 2.04. The average Bonchev–Trinajstić information content (AvgIpc) is 2.77. The Bertz CT molecular complexity index is 437. The van der Waals surface area contributed by atoms with Gasteiger partial charge in [0, 0.05) is 25.2 Å². The second-order valence-electron chi connectivity index (χ2n) is 6.69. The number of anilines is 1. The van der Waals surface area contributed by atoms with E-state index in [1.807, 2.05) is 19.1 Å². The van der Waals surface area contributed by atoms with Gasteiger partial charge in [0.1, 0.15) is 5.82 Å². The average molecular weight is 264 g/mol. The molecule has 0 radical (unpaired) electrons. The van der Waals surface area contributed by atoms with Gasteiger partial charge in [-0.3, -0.25) is 0 Å². The minimum atomic E-state index is -0.102. The summed E-state index contributed by atoms with van der Waals surface area (Å²) in [6.07, 6.45) is 1.14. The van der Waals surface area contributed by atoms with Gasteiger partial charge in [-0.05, 0) is 57.7 Å². The summed E-state index contributed by atoms with van der Waals surface area (Å²) >= 11 is 0. The van der Waals surface area contributed by atoms with E-state index in [1.54, 1.807) is 6.07 Å². The first-order valence-corrected chi connectivity index (χ1v) is 7.11. The Morgan fingerprint density at radius 1 is 1.37 bits per heavy atom. The lowest BCUT2D eigenvalue weighted by Gasteiger charge is -2.24. The predicted octanol–water partition coefficient (Wildman–Crippen LogP) is 3.35. The van der Waals surface area contributed by atoms with Crippen molar-refractivity contribution in [3.05, 3.63) is 29.6 Å². The molecular weight excluding hydrogens is 239 g/mol. The van der Waals surface area contributed by atoms with Gasteiger partial charge in [-0.1, -0.05) is 6.07 Å². The van der Waals surface area contributed by atoms with E-state index in [1.165, 1.54) is 0 Å². The lowest BCUT2D eigenvalue weighted by molar-refractivity contribution is 0.383. The molecule has 0 aliphatic carbocycles. The maximum atomic E-state index is 13.9. The Balaban J connectivity index is 1.96. The van der Waals surface area contributed by atoms with Crippen LogP contribution in [-0.2, 0) is 0 Å². The van der Waals surface area contributed by atoms with Crippen molar-refractivity contribution in [1.29, 1.82) is 0 Å². The van der Waals surface area contributed by atoms with Crippen LogP contribution in [0, 0.1) is 18.7 Å². The van der Waals surface area contributed by atoms with Gasteiger partial charge < -0.3 is 10.2 Å². The fourth-order valence-electron chi connectivity index (χ4n) is 2.53. The highest BCUT2D eigenvalue weighted by Gasteiger charge is 2.25. The number of hydrogen-bond donors (Lipinski definition) is 1. The van der Waals surface area contributed by atoms with Crippen molar-refractivity contribution < 1.29 is 4.39 Å². The standard InChI is InChI=1S/C16H25FN2/c1-12-5-6-14(17)15(9-12)19-8-7-13(11-19)10-18-16(2,3)4/h5-6,9,13,18H,7-8,10-11H2,1-4H3. The third-order valence-electron chi connectivity index (χ3n) is 3.65. The summed E-state index contributed by atoms with van der Waals surface area (Å²) in [5.74, 6) is 0.508. The van der Waals surface area contributed by atoms with E-state index >= 15 is 0 Å². The number of aryl methyl sites for hydroxylation is 1. The van der Waals surface area contributed by atoms with E-state index in [0.717, 1.165) is 37.3 Å².